The third-order valence-electron chi connectivity index (χ3n) is 4.34. The molecule has 2 amide bonds. The molecule has 6 heteroatoms. The maximum absolute atomic E-state index is 12.5. The largest absolute Gasteiger partial charge is 0.326 e. The molecule has 0 radical (unpaired) electrons. The molecule has 5 nitrogen and oxygen atoms in total. The van der Waals surface area contributed by atoms with Gasteiger partial charge >= 0.3 is 0 Å². The van der Waals surface area contributed by atoms with Gasteiger partial charge in [-0.25, -0.2) is 0 Å². The summed E-state index contributed by atoms with van der Waals surface area (Å²) in [6.45, 7) is 4.40. The van der Waals surface area contributed by atoms with Crippen LogP contribution in [-0.2, 0) is 22.6 Å². The van der Waals surface area contributed by atoms with E-state index in [4.69, 9.17) is 0 Å². The Morgan fingerprint density at radius 1 is 0.962 bits per heavy atom. The summed E-state index contributed by atoms with van der Waals surface area (Å²) in [4.78, 5) is 24.2. The fourth-order valence-corrected chi connectivity index (χ4v) is 2.79. The van der Waals surface area contributed by atoms with E-state index in [-0.39, 0.29) is 36.2 Å². The fraction of sp³-hybridized carbons (Fsp3) is 0.300. The number of hydrogen-bond acceptors (Lipinski definition) is 3. The lowest BCUT2D eigenvalue weighted by molar-refractivity contribution is -0.119. The van der Waals surface area contributed by atoms with Gasteiger partial charge in [0.25, 0.3) is 0 Å². The van der Waals surface area contributed by atoms with Crippen molar-refractivity contribution in [3.63, 3.8) is 0 Å². The summed E-state index contributed by atoms with van der Waals surface area (Å²) in [6.07, 6.45) is 0.685. The fourth-order valence-electron chi connectivity index (χ4n) is 2.79. The van der Waals surface area contributed by atoms with Crippen LogP contribution in [0.2, 0.25) is 0 Å². The molecule has 1 heterocycles. The van der Waals surface area contributed by atoms with Crippen LogP contribution in [0.15, 0.2) is 48.5 Å². The third-order valence-corrected chi connectivity index (χ3v) is 4.34. The highest BCUT2D eigenvalue weighted by Crippen LogP contribution is 2.18. The molecule has 1 aliphatic heterocycles. The van der Waals surface area contributed by atoms with Gasteiger partial charge in [-0.1, -0.05) is 38.1 Å². The van der Waals surface area contributed by atoms with Gasteiger partial charge in [0.05, 0.1) is 6.04 Å². The zero-order valence-electron chi connectivity index (χ0n) is 14.9. The van der Waals surface area contributed by atoms with Crippen LogP contribution >= 0.6 is 12.4 Å². The van der Waals surface area contributed by atoms with Gasteiger partial charge in [0.2, 0.25) is 11.8 Å². The van der Waals surface area contributed by atoms with Gasteiger partial charge in [-0.3, -0.25) is 9.59 Å². The van der Waals surface area contributed by atoms with Gasteiger partial charge in [0, 0.05) is 23.8 Å². The molecule has 0 aromatic heterocycles. The number of hydrogen-bond donors (Lipinski definition) is 3. The lowest BCUT2D eigenvalue weighted by Gasteiger charge is -2.25. The maximum atomic E-state index is 12.5. The molecule has 0 fully saturated rings. The number of nitrogens with one attached hydrogen (secondary N) is 3. The highest BCUT2D eigenvalue weighted by Gasteiger charge is 2.23. The van der Waals surface area contributed by atoms with Crippen LogP contribution in [0.1, 0.15) is 25.0 Å². The average Bonchev–Trinajstić information content (AvgIpc) is 2.62. The smallest absolute Gasteiger partial charge is 0.241 e. The predicted molar refractivity (Wildman–Crippen MR) is 107 cm³/mol. The van der Waals surface area contributed by atoms with Crippen LogP contribution in [0.25, 0.3) is 0 Å². The number of amides is 2. The summed E-state index contributed by atoms with van der Waals surface area (Å²) in [7, 11) is 0. The van der Waals surface area contributed by atoms with E-state index in [0.717, 1.165) is 5.69 Å². The van der Waals surface area contributed by atoms with E-state index in [1.165, 1.54) is 11.1 Å². The second-order valence-electron chi connectivity index (χ2n) is 6.62. The van der Waals surface area contributed by atoms with Gasteiger partial charge in [-0.15, -0.1) is 12.4 Å². The molecule has 1 atom stereocenters. The third kappa shape index (κ3) is 4.84. The Labute approximate surface area is 160 Å². The average molecular weight is 374 g/mol. The summed E-state index contributed by atoms with van der Waals surface area (Å²) in [5, 5.41) is 9.04. The highest BCUT2D eigenvalue weighted by molar-refractivity contribution is 5.96. The van der Waals surface area contributed by atoms with E-state index in [0.29, 0.717) is 18.7 Å². The summed E-state index contributed by atoms with van der Waals surface area (Å²) in [5.74, 6) is -0.144. The molecule has 1 aliphatic rings. The molecular weight excluding hydrogens is 350 g/mol. The van der Waals surface area contributed by atoms with Crippen molar-refractivity contribution in [2.24, 2.45) is 5.92 Å². The molecule has 0 saturated heterocycles. The zero-order chi connectivity index (χ0) is 17.8. The minimum Gasteiger partial charge on any atom is -0.326 e. The van der Waals surface area contributed by atoms with Crippen LogP contribution in [0.3, 0.4) is 0 Å². The summed E-state index contributed by atoms with van der Waals surface area (Å²) >= 11 is 0. The Morgan fingerprint density at radius 2 is 1.54 bits per heavy atom. The second-order valence-corrected chi connectivity index (χ2v) is 6.62. The first kappa shape index (κ1) is 19.9. The Morgan fingerprint density at radius 3 is 2.15 bits per heavy atom. The minimum atomic E-state index is -0.241. The second kappa shape index (κ2) is 8.83. The van der Waals surface area contributed by atoms with E-state index in [1.807, 2.05) is 26.0 Å². The normalized spacial score (nSPS) is 15.6. The molecule has 26 heavy (non-hydrogen) atoms. The molecule has 3 N–H and O–H groups in total. The molecule has 2 aromatic carbocycles. The van der Waals surface area contributed by atoms with Crippen molar-refractivity contribution in [3.8, 4) is 0 Å². The van der Waals surface area contributed by atoms with Crippen LogP contribution in [-0.4, -0.2) is 17.9 Å². The monoisotopic (exact) mass is 373 g/mol. The number of rotatable bonds is 4. The topological polar surface area (TPSA) is 70.2 Å². The first-order chi connectivity index (χ1) is 12.0. The first-order valence-corrected chi connectivity index (χ1v) is 8.55. The van der Waals surface area contributed by atoms with E-state index in [9.17, 15) is 9.59 Å². The van der Waals surface area contributed by atoms with Crippen LogP contribution in [0.5, 0.6) is 0 Å². The standard InChI is InChI=1S/C20H23N3O2.ClH/c1-13(2)19(24)22-16-7-9-17(10-8-16)23-20(25)18-11-14-5-3-4-6-15(14)12-21-18;/h3-10,13,18,21H,11-12H2,1-2H3,(H,22,24)(H,23,25);1H. The molecule has 3 rings (SSSR count). The molecule has 138 valence electrons. The maximum Gasteiger partial charge on any atom is 0.241 e. The number of carbonyl (C=O) groups is 2. The van der Waals surface area contributed by atoms with Gasteiger partial charge in [0.15, 0.2) is 0 Å². The molecule has 0 bridgehead atoms. The van der Waals surface area contributed by atoms with Crippen LogP contribution < -0.4 is 16.0 Å². The van der Waals surface area contributed by atoms with E-state index in [1.54, 1.807) is 24.3 Å². The molecule has 2 aromatic rings. The number of benzene rings is 2. The van der Waals surface area contributed by atoms with Gasteiger partial charge in [-0.2, -0.15) is 0 Å². The van der Waals surface area contributed by atoms with Crippen LogP contribution in [0, 0.1) is 5.92 Å². The predicted octanol–water partition coefficient (Wildman–Crippen LogP) is 3.36. The minimum absolute atomic E-state index is 0. The van der Waals surface area contributed by atoms with E-state index >= 15 is 0 Å². The molecule has 0 spiro atoms. The Bertz CT molecular complexity index is 775. The summed E-state index contributed by atoms with van der Waals surface area (Å²) in [6, 6.07) is 15.1. The van der Waals surface area contributed by atoms with Gasteiger partial charge in [0.1, 0.15) is 0 Å². The summed E-state index contributed by atoms with van der Waals surface area (Å²) in [5.41, 5.74) is 3.90. The van der Waals surface area contributed by atoms with Gasteiger partial charge in [-0.05, 0) is 41.8 Å². The number of carbonyl (C=O) groups excluding carboxylic acids is 2. The quantitative estimate of drug-likeness (QED) is 0.769. The molecule has 0 aliphatic carbocycles. The Hall–Kier alpha value is -2.37. The Kier molecular flexibility index (Phi) is 6.77. The zero-order valence-corrected chi connectivity index (χ0v) is 15.7. The SMILES string of the molecule is CC(C)C(=O)Nc1ccc(NC(=O)C2Cc3ccccc3CN2)cc1.Cl. The van der Waals surface area contributed by atoms with Crippen LogP contribution in [0.4, 0.5) is 11.4 Å². The highest BCUT2D eigenvalue weighted by atomic mass is 35.5. The first-order valence-electron chi connectivity index (χ1n) is 8.55. The van der Waals surface area contributed by atoms with E-state index < -0.39 is 0 Å². The van der Waals surface area contributed by atoms with Crippen molar-refractivity contribution in [3.05, 3.63) is 59.7 Å². The van der Waals surface area contributed by atoms with Crippen molar-refractivity contribution in [2.75, 3.05) is 10.6 Å². The lowest BCUT2D eigenvalue weighted by Crippen LogP contribution is -2.44. The number of anilines is 2. The van der Waals surface area contributed by atoms with Crippen molar-refractivity contribution < 1.29 is 9.59 Å². The Balaban J connectivity index is 0.00000243. The lowest BCUT2D eigenvalue weighted by atomic mass is 9.95. The van der Waals surface area contributed by atoms with Gasteiger partial charge < -0.3 is 16.0 Å². The molecule has 0 saturated carbocycles. The molecule has 1 unspecified atom stereocenters. The van der Waals surface area contributed by atoms with Crippen molar-refractivity contribution in [1.29, 1.82) is 0 Å². The van der Waals surface area contributed by atoms with Crippen molar-refractivity contribution in [2.45, 2.75) is 32.9 Å². The van der Waals surface area contributed by atoms with Crippen molar-refractivity contribution in [1.82, 2.24) is 5.32 Å². The van der Waals surface area contributed by atoms with E-state index in [2.05, 4.69) is 28.1 Å². The number of fused-ring (bicyclic) bond motifs is 1. The summed E-state index contributed by atoms with van der Waals surface area (Å²) < 4.78 is 0. The number of halogens is 1. The molecular formula is C20H24ClN3O2. The van der Waals surface area contributed by atoms with Crippen molar-refractivity contribution >= 4 is 35.6 Å².